The minimum atomic E-state index is -4.92. The molecule has 1 heterocycles. The molecular formula is C10H13NO5S. The van der Waals surface area contributed by atoms with Gasteiger partial charge in [-0.05, 0) is 12.1 Å². The topological polar surface area (TPSA) is 98.4 Å². The molecule has 0 aliphatic rings. The molecule has 0 atom stereocenters. The van der Waals surface area contributed by atoms with E-state index in [1.165, 1.54) is 0 Å². The van der Waals surface area contributed by atoms with Gasteiger partial charge >= 0.3 is 0 Å². The summed E-state index contributed by atoms with van der Waals surface area (Å²) in [5, 5.41) is 0. The van der Waals surface area contributed by atoms with Crippen molar-refractivity contribution in [3.8, 4) is 0 Å². The van der Waals surface area contributed by atoms with Crippen LogP contribution in [-0.4, -0.2) is 23.3 Å². The number of carbonyl (C=O) groups excluding carboxylic acids is 1. The van der Waals surface area contributed by atoms with Crippen LogP contribution >= 0.6 is 0 Å². The highest BCUT2D eigenvalue weighted by Crippen LogP contribution is 1.92. The largest absolute Gasteiger partial charge is 0.726 e. The average molecular weight is 259 g/mol. The fraction of sp³-hybridized carbons (Fsp3) is 0.200. The molecule has 1 N–H and O–H groups in total. The Morgan fingerprint density at radius 1 is 1.59 bits per heavy atom. The minimum absolute atomic E-state index is 0.0810. The van der Waals surface area contributed by atoms with Gasteiger partial charge in [0.05, 0.1) is 0 Å². The van der Waals surface area contributed by atoms with E-state index in [-0.39, 0.29) is 5.78 Å². The van der Waals surface area contributed by atoms with Gasteiger partial charge < -0.3 is 4.55 Å². The molecule has 0 bridgehead atoms. The van der Waals surface area contributed by atoms with Gasteiger partial charge in [-0.15, -0.1) is 0 Å². The predicted octanol–water partition coefficient (Wildman–Crippen LogP) is 0.367. The van der Waals surface area contributed by atoms with Gasteiger partial charge in [0.1, 0.15) is 0 Å². The first kappa shape index (κ1) is 15.4. The van der Waals surface area contributed by atoms with Crippen molar-refractivity contribution in [3.63, 3.8) is 0 Å². The maximum atomic E-state index is 11.1. The molecule has 0 saturated heterocycles. The summed E-state index contributed by atoms with van der Waals surface area (Å²) in [7, 11) is -4.92. The lowest BCUT2D eigenvalue weighted by Gasteiger charge is -1.96. The Morgan fingerprint density at radius 3 is 2.53 bits per heavy atom. The molecule has 94 valence electrons. The monoisotopic (exact) mass is 259 g/mol. The van der Waals surface area contributed by atoms with Crippen LogP contribution in [0, 0.1) is 0 Å². The first-order chi connectivity index (χ1) is 7.75. The van der Waals surface area contributed by atoms with Crippen molar-refractivity contribution >= 4 is 16.2 Å². The predicted molar refractivity (Wildman–Crippen MR) is 59.2 cm³/mol. The summed E-state index contributed by atoms with van der Waals surface area (Å²) in [6.45, 7) is 5.87. The van der Waals surface area contributed by atoms with Crippen LogP contribution < -0.4 is 4.57 Å². The smallest absolute Gasteiger partial charge is 0.248 e. The Morgan fingerprint density at radius 2 is 2.12 bits per heavy atom. The van der Waals surface area contributed by atoms with Gasteiger partial charge in [0.25, 0.3) is 0 Å². The highest BCUT2D eigenvalue weighted by atomic mass is 32.3. The fourth-order valence-corrected chi connectivity index (χ4v) is 1.09. The van der Waals surface area contributed by atoms with E-state index in [2.05, 4.69) is 6.58 Å². The van der Waals surface area contributed by atoms with Gasteiger partial charge in [0.2, 0.25) is 21.9 Å². The van der Waals surface area contributed by atoms with Gasteiger partial charge in [-0.25, -0.2) is 8.42 Å². The summed E-state index contributed by atoms with van der Waals surface area (Å²) in [6.07, 6.45) is 3.64. The normalized spacial score (nSPS) is 10.1. The van der Waals surface area contributed by atoms with Crippen molar-refractivity contribution in [2.75, 3.05) is 0 Å². The van der Waals surface area contributed by atoms with Crippen molar-refractivity contribution in [2.45, 2.75) is 13.5 Å². The van der Waals surface area contributed by atoms with Crippen LogP contribution in [0.5, 0.6) is 0 Å². The van der Waals surface area contributed by atoms with E-state index < -0.39 is 10.4 Å². The van der Waals surface area contributed by atoms with Crippen LogP contribution in [0.15, 0.2) is 37.1 Å². The van der Waals surface area contributed by atoms with Gasteiger partial charge in [-0.2, -0.15) is 4.57 Å². The summed E-state index contributed by atoms with van der Waals surface area (Å²) < 4.78 is 34.7. The molecule has 0 aromatic carbocycles. The van der Waals surface area contributed by atoms with Crippen LogP contribution in [0.2, 0.25) is 0 Å². The van der Waals surface area contributed by atoms with Crippen LogP contribution in [0.1, 0.15) is 17.4 Å². The Labute approximate surface area is 99.8 Å². The standard InChI is InChI=1S/C10H12NO.H2O4S/c1-3-7-11-8-5-4-6-10(11)9(2)12;1-5(2,3)4/h3-6,8H,1,7H2,2H3;(H2,1,2,3,4)/q+1;/p-1. The van der Waals surface area contributed by atoms with Gasteiger partial charge in [0.15, 0.2) is 12.7 Å². The first-order valence-corrected chi connectivity index (χ1v) is 5.91. The zero-order chi connectivity index (χ0) is 13.5. The number of Topliss-reactive ketones (excluding diaryl/α,β-unsaturated/α-hetero) is 1. The van der Waals surface area contributed by atoms with Crippen LogP contribution in [0.25, 0.3) is 0 Å². The number of ketones is 1. The van der Waals surface area contributed by atoms with Crippen molar-refractivity contribution in [1.82, 2.24) is 0 Å². The molecule has 0 unspecified atom stereocenters. The summed E-state index contributed by atoms with van der Waals surface area (Å²) in [4.78, 5) is 11.1. The Hall–Kier alpha value is -1.57. The number of hydrogen-bond donors (Lipinski definition) is 1. The van der Waals surface area contributed by atoms with Gasteiger partial charge in [0, 0.05) is 19.1 Å². The SMILES string of the molecule is C=CC[n+]1ccccc1C(C)=O.O=S(=O)([O-])O. The van der Waals surface area contributed by atoms with Crippen LogP contribution in [0.4, 0.5) is 0 Å². The van der Waals surface area contributed by atoms with Gasteiger partial charge in [-0.1, -0.05) is 6.58 Å². The molecule has 0 fully saturated rings. The zero-order valence-electron chi connectivity index (χ0n) is 9.24. The van der Waals surface area contributed by atoms with Crippen molar-refractivity contribution in [1.29, 1.82) is 0 Å². The Bertz CT molecular complexity index is 487. The molecule has 0 amide bonds. The molecule has 17 heavy (non-hydrogen) atoms. The number of hydrogen-bond acceptors (Lipinski definition) is 4. The minimum Gasteiger partial charge on any atom is -0.726 e. The second kappa shape index (κ2) is 6.89. The van der Waals surface area contributed by atoms with Crippen molar-refractivity contribution in [3.05, 3.63) is 42.7 Å². The molecule has 0 radical (unpaired) electrons. The number of aromatic nitrogens is 1. The quantitative estimate of drug-likeness (QED) is 0.278. The third-order valence-corrected chi connectivity index (χ3v) is 1.63. The van der Waals surface area contributed by atoms with E-state index in [4.69, 9.17) is 17.5 Å². The molecule has 1 rings (SSSR count). The molecular weight excluding hydrogens is 246 g/mol. The van der Waals surface area contributed by atoms with Crippen molar-refractivity contribution < 1.29 is 26.9 Å². The maximum Gasteiger partial charge on any atom is 0.248 e. The highest BCUT2D eigenvalue weighted by molar-refractivity contribution is 7.79. The van der Waals surface area contributed by atoms with E-state index >= 15 is 0 Å². The molecule has 7 heteroatoms. The average Bonchev–Trinajstić information content (AvgIpc) is 2.16. The molecule has 0 aliphatic carbocycles. The number of carbonyl (C=O) groups is 1. The number of pyridine rings is 1. The number of allylic oxidation sites excluding steroid dienone is 1. The first-order valence-electron chi connectivity index (χ1n) is 4.54. The molecule has 0 aliphatic heterocycles. The lowest BCUT2D eigenvalue weighted by atomic mass is 10.2. The summed E-state index contributed by atoms with van der Waals surface area (Å²) in [5.74, 6) is 0.0810. The highest BCUT2D eigenvalue weighted by Gasteiger charge is 2.11. The second-order valence-corrected chi connectivity index (χ2v) is 3.87. The lowest BCUT2D eigenvalue weighted by molar-refractivity contribution is -0.688. The third-order valence-electron chi connectivity index (χ3n) is 1.63. The third kappa shape index (κ3) is 8.26. The number of rotatable bonds is 3. The molecule has 6 nitrogen and oxygen atoms in total. The fourth-order valence-electron chi connectivity index (χ4n) is 1.09. The zero-order valence-corrected chi connectivity index (χ0v) is 10.1. The number of nitrogens with zero attached hydrogens (tertiary/aromatic N) is 1. The van der Waals surface area contributed by atoms with E-state index in [1.54, 1.807) is 13.0 Å². The van der Waals surface area contributed by atoms with Crippen LogP contribution in [-0.2, 0) is 16.9 Å². The van der Waals surface area contributed by atoms with E-state index in [0.29, 0.717) is 6.54 Å². The molecule has 0 spiro atoms. The van der Waals surface area contributed by atoms with E-state index in [1.807, 2.05) is 29.0 Å². The van der Waals surface area contributed by atoms with E-state index in [9.17, 15) is 4.79 Å². The molecule has 1 aromatic heterocycles. The molecule has 0 saturated carbocycles. The maximum absolute atomic E-state index is 11.1. The summed E-state index contributed by atoms with van der Waals surface area (Å²) in [5.41, 5.74) is 0.720. The van der Waals surface area contributed by atoms with Crippen molar-refractivity contribution in [2.24, 2.45) is 0 Å². The lowest BCUT2D eigenvalue weighted by Crippen LogP contribution is -2.38. The Balaban J connectivity index is 0.000000437. The van der Waals surface area contributed by atoms with Gasteiger partial charge in [-0.3, -0.25) is 9.35 Å². The second-order valence-electron chi connectivity index (χ2n) is 3.01. The summed E-state index contributed by atoms with van der Waals surface area (Å²) in [6, 6.07) is 5.57. The molecule has 1 aromatic rings. The van der Waals surface area contributed by atoms with E-state index in [0.717, 1.165) is 5.69 Å². The Kier molecular flexibility index (Phi) is 6.26. The summed E-state index contributed by atoms with van der Waals surface area (Å²) >= 11 is 0. The van der Waals surface area contributed by atoms with Crippen LogP contribution in [0.3, 0.4) is 0 Å².